The van der Waals surface area contributed by atoms with E-state index in [1.165, 1.54) is 58.4 Å². The van der Waals surface area contributed by atoms with Crippen LogP contribution >= 0.6 is 11.3 Å². The minimum atomic E-state index is -3.77. The van der Waals surface area contributed by atoms with Gasteiger partial charge in [-0.1, -0.05) is 35.6 Å². The van der Waals surface area contributed by atoms with Crippen molar-refractivity contribution in [2.45, 2.75) is 24.4 Å². The molecular formula is C26H22N4O7S2. The summed E-state index contributed by atoms with van der Waals surface area (Å²) in [5, 5.41) is 11.2. The number of methoxy groups -OCH3 is 1. The van der Waals surface area contributed by atoms with Crippen LogP contribution in [-0.2, 0) is 39.1 Å². The third-order valence-electron chi connectivity index (χ3n) is 6.42. The Morgan fingerprint density at radius 1 is 1.08 bits per heavy atom. The second kappa shape index (κ2) is 10.5. The maximum absolute atomic E-state index is 13.2. The summed E-state index contributed by atoms with van der Waals surface area (Å²) in [6.07, 6.45) is 0.620. The largest absolute Gasteiger partial charge is 0.468 e. The molecule has 0 atom stereocenters. The zero-order valence-corrected chi connectivity index (χ0v) is 22.3. The lowest BCUT2D eigenvalue weighted by Gasteiger charge is -2.28. The minimum absolute atomic E-state index is 0.0633. The van der Waals surface area contributed by atoms with Gasteiger partial charge in [-0.05, 0) is 47.9 Å². The van der Waals surface area contributed by atoms with Crippen LogP contribution in [-0.4, -0.2) is 47.7 Å². The van der Waals surface area contributed by atoms with Crippen molar-refractivity contribution in [3.05, 3.63) is 98.3 Å². The quantitative estimate of drug-likeness (QED) is 0.198. The number of amides is 1. The second-order valence-corrected chi connectivity index (χ2v) is 11.7. The van der Waals surface area contributed by atoms with E-state index in [9.17, 15) is 28.1 Å². The lowest BCUT2D eigenvalue weighted by Crippen LogP contribution is -2.35. The maximum Gasteiger partial charge on any atom is 0.325 e. The molecule has 0 fully saturated rings. The Labute approximate surface area is 226 Å². The van der Waals surface area contributed by atoms with Gasteiger partial charge in [-0.15, -0.1) is 0 Å². The van der Waals surface area contributed by atoms with E-state index in [0.717, 1.165) is 22.5 Å². The second-order valence-electron chi connectivity index (χ2n) is 8.75. The number of nitro benzene ring substituents is 1. The summed E-state index contributed by atoms with van der Waals surface area (Å²) >= 11 is 1.01. The molecule has 1 amide bonds. The molecule has 13 heteroatoms. The van der Waals surface area contributed by atoms with Crippen molar-refractivity contribution in [2.75, 3.05) is 13.7 Å². The van der Waals surface area contributed by atoms with Crippen molar-refractivity contribution < 1.29 is 27.7 Å². The molecule has 5 rings (SSSR count). The molecule has 0 unspecified atom stereocenters. The Bertz CT molecular complexity index is 1790. The van der Waals surface area contributed by atoms with E-state index in [1.54, 1.807) is 0 Å². The van der Waals surface area contributed by atoms with Gasteiger partial charge in [0.15, 0.2) is 4.80 Å². The van der Waals surface area contributed by atoms with Crippen LogP contribution in [0.4, 0.5) is 5.69 Å². The first-order valence-corrected chi connectivity index (χ1v) is 14.0. The van der Waals surface area contributed by atoms with Crippen LogP contribution in [0.1, 0.15) is 21.5 Å². The highest BCUT2D eigenvalue weighted by atomic mass is 32.2. The zero-order valence-electron chi connectivity index (χ0n) is 20.6. The topological polar surface area (TPSA) is 141 Å². The first-order chi connectivity index (χ1) is 18.7. The van der Waals surface area contributed by atoms with Crippen LogP contribution in [0.25, 0.3) is 10.2 Å². The molecule has 4 aromatic rings. The van der Waals surface area contributed by atoms with E-state index < -0.39 is 26.8 Å². The number of hydrogen-bond donors (Lipinski definition) is 0. The van der Waals surface area contributed by atoms with Crippen LogP contribution in [0.3, 0.4) is 0 Å². The van der Waals surface area contributed by atoms with Crippen LogP contribution in [0, 0.1) is 10.1 Å². The number of carbonyl (C=O) groups excluding carboxylic acids is 2. The SMILES string of the molecule is COC(=O)Cn1c(=NC(=O)c2ccc(S(=O)(=O)N3CCc4ccccc4C3)cc2)sc2cc([N+](=O)[O-])ccc21. The number of rotatable bonds is 6. The summed E-state index contributed by atoms with van der Waals surface area (Å²) in [5.41, 5.74) is 2.58. The van der Waals surface area contributed by atoms with Crippen LogP contribution in [0.5, 0.6) is 0 Å². The Balaban J connectivity index is 1.44. The van der Waals surface area contributed by atoms with E-state index in [-0.39, 0.29) is 34.0 Å². The molecule has 0 saturated heterocycles. The van der Waals surface area contributed by atoms with Gasteiger partial charge in [0.2, 0.25) is 10.0 Å². The molecular weight excluding hydrogens is 544 g/mol. The highest BCUT2D eigenvalue weighted by molar-refractivity contribution is 7.89. The van der Waals surface area contributed by atoms with Gasteiger partial charge < -0.3 is 9.30 Å². The fraction of sp³-hybridized carbons (Fsp3) is 0.192. The van der Waals surface area contributed by atoms with Gasteiger partial charge in [0.05, 0.1) is 27.1 Å². The van der Waals surface area contributed by atoms with Gasteiger partial charge in [-0.2, -0.15) is 9.30 Å². The Kier molecular flexibility index (Phi) is 7.12. The molecule has 0 aliphatic carbocycles. The molecule has 1 aromatic heterocycles. The fourth-order valence-electron chi connectivity index (χ4n) is 4.35. The third-order valence-corrected chi connectivity index (χ3v) is 9.32. The molecule has 0 radical (unpaired) electrons. The number of thiazole rings is 1. The van der Waals surface area contributed by atoms with Crippen molar-refractivity contribution >= 4 is 49.1 Å². The number of fused-ring (bicyclic) bond motifs is 2. The molecule has 0 N–H and O–H groups in total. The van der Waals surface area contributed by atoms with E-state index in [2.05, 4.69) is 4.99 Å². The number of sulfonamides is 1. The number of nitro groups is 1. The number of hydrogen-bond acceptors (Lipinski definition) is 8. The third kappa shape index (κ3) is 5.24. The molecule has 11 nitrogen and oxygen atoms in total. The number of carbonyl (C=O) groups is 2. The van der Waals surface area contributed by atoms with Gasteiger partial charge in [0.1, 0.15) is 6.54 Å². The van der Waals surface area contributed by atoms with Crippen molar-refractivity contribution in [1.29, 1.82) is 0 Å². The highest BCUT2D eigenvalue weighted by Crippen LogP contribution is 2.26. The predicted molar refractivity (Wildman–Crippen MR) is 143 cm³/mol. The van der Waals surface area contributed by atoms with Crippen LogP contribution < -0.4 is 4.80 Å². The number of benzene rings is 3. The van der Waals surface area contributed by atoms with E-state index >= 15 is 0 Å². The summed E-state index contributed by atoms with van der Waals surface area (Å²) in [6.45, 7) is 0.384. The van der Waals surface area contributed by atoms with E-state index in [4.69, 9.17) is 4.74 Å². The average Bonchev–Trinajstić information content (AvgIpc) is 3.28. The molecule has 3 aromatic carbocycles. The fourth-order valence-corrected chi connectivity index (χ4v) is 6.83. The van der Waals surface area contributed by atoms with Gasteiger partial charge >= 0.3 is 5.97 Å². The Hall–Kier alpha value is -4.20. The summed E-state index contributed by atoms with van der Waals surface area (Å²) < 4.78 is 34.6. The first-order valence-electron chi connectivity index (χ1n) is 11.8. The molecule has 0 spiro atoms. The predicted octanol–water partition coefficient (Wildman–Crippen LogP) is 3.27. The average molecular weight is 567 g/mol. The Morgan fingerprint density at radius 3 is 2.49 bits per heavy atom. The molecule has 0 bridgehead atoms. The Morgan fingerprint density at radius 2 is 1.79 bits per heavy atom. The molecule has 0 saturated carbocycles. The molecule has 200 valence electrons. The molecule has 39 heavy (non-hydrogen) atoms. The van der Waals surface area contributed by atoms with Gasteiger partial charge in [0, 0.05) is 30.8 Å². The number of esters is 1. The summed E-state index contributed by atoms with van der Waals surface area (Å²) in [7, 11) is -2.55. The molecule has 2 heterocycles. The van der Waals surface area contributed by atoms with Crippen molar-refractivity contribution in [3.8, 4) is 0 Å². The number of aromatic nitrogens is 1. The normalized spacial score (nSPS) is 14.2. The maximum atomic E-state index is 13.2. The lowest BCUT2D eigenvalue weighted by molar-refractivity contribution is -0.384. The zero-order chi connectivity index (χ0) is 27.7. The smallest absolute Gasteiger partial charge is 0.325 e. The summed E-state index contributed by atoms with van der Waals surface area (Å²) in [5.74, 6) is -1.25. The molecule has 1 aliphatic rings. The minimum Gasteiger partial charge on any atom is -0.468 e. The van der Waals surface area contributed by atoms with Crippen molar-refractivity contribution in [1.82, 2.24) is 8.87 Å². The van der Waals surface area contributed by atoms with Crippen molar-refractivity contribution in [2.24, 2.45) is 4.99 Å². The number of nitrogens with zero attached hydrogens (tertiary/aromatic N) is 4. The van der Waals surface area contributed by atoms with E-state index in [1.807, 2.05) is 24.3 Å². The first kappa shape index (κ1) is 26.4. The lowest BCUT2D eigenvalue weighted by atomic mass is 10.0. The van der Waals surface area contributed by atoms with Crippen LogP contribution in [0.2, 0.25) is 0 Å². The number of ether oxygens (including phenoxy) is 1. The summed E-state index contributed by atoms with van der Waals surface area (Å²) in [4.78, 5) is 40.0. The monoisotopic (exact) mass is 566 g/mol. The summed E-state index contributed by atoms with van der Waals surface area (Å²) in [6, 6.07) is 17.4. The van der Waals surface area contributed by atoms with E-state index in [0.29, 0.717) is 23.2 Å². The van der Waals surface area contributed by atoms with Gasteiger partial charge in [-0.25, -0.2) is 8.42 Å². The van der Waals surface area contributed by atoms with Gasteiger partial charge in [-0.3, -0.25) is 19.7 Å². The van der Waals surface area contributed by atoms with Gasteiger partial charge in [0.25, 0.3) is 11.6 Å². The van der Waals surface area contributed by atoms with Crippen LogP contribution in [0.15, 0.2) is 76.6 Å². The number of non-ortho nitro benzene ring substituents is 1. The standard InChI is InChI=1S/C26H22N4O7S2/c1-37-24(31)16-29-22-11-8-20(30(33)34)14-23(22)38-26(29)27-25(32)18-6-9-21(10-7-18)39(35,36)28-13-12-17-4-2-3-5-19(17)15-28/h2-11,14H,12-13,15-16H2,1H3. The highest BCUT2D eigenvalue weighted by Gasteiger charge is 2.28. The molecule has 1 aliphatic heterocycles. The van der Waals surface area contributed by atoms with Crippen molar-refractivity contribution in [3.63, 3.8) is 0 Å².